The van der Waals surface area contributed by atoms with Gasteiger partial charge in [0.05, 0.1) is 11.4 Å². The molecule has 0 aliphatic rings. The van der Waals surface area contributed by atoms with E-state index in [-0.39, 0.29) is 11.7 Å². The maximum absolute atomic E-state index is 13.4. The second-order valence-electron chi connectivity index (χ2n) is 4.51. The lowest BCUT2D eigenvalue weighted by Crippen LogP contribution is -2.06. The highest BCUT2D eigenvalue weighted by Crippen LogP contribution is 2.19. The largest absolute Gasteiger partial charge is 0.487 e. The molecule has 1 aromatic carbocycles. The second kappa shape index (κ2) is 6.75. The quantitative estimate of drug-likeness (QED) is 0.755. The second-order valence-corrected chi connectivity index (χ2v) is 4.78. The van der Waals surface area contributed by atoms with Crippen molar-refractivity contribution in [2.24, 2.45) is 0 Å². The van der Waals surface area contributed by atoms with Gasteiger partial charge in [0.1, 0.15) is 18.2 Å². The summed E-state index contributed by atoms with van der Waals surface area (Å²) >= 11 is 5.72. The first-order chi connectivity index (χ1) is 9.66. The van der Waals surface area contributed by atoms with E-state index in [4.69, 9.17) is 16.3 Å². The van der Waals surface area contributed by atoms with E-state index in [0.29, 0.717) is 17.9 Å². The summed E-state index contributed by atoms with van der Waals surface area (Å²) in [5, 5.41) is 4.45. The molecule has 5 heteroatoms. The number of nitrogens with zero attached hydrogens (tertiary/aromatic N) is 2. The van der Waals surface area contributed by atoms with Crippen molar-refractivity contribution in [3.63, 3.8) is 0 Å². The molecular formula is C15H18ClFN2O. The van der Waals surface area contributed by atoms with Crippen molar-refractivity contribution in [1.29, 1.82) is 0 Å². The molecule has 2 aromatic rings. The number of benzene rings is 1. The Morgan fingerprint density at radius 1 is 1.25 bits per heavy atom. The highest BCUT2D eigenvalue weighted by molar-refractivity contribution is 6.17. The lowest BCUT2D eigenvalue weighted by atomic mass is 10.2. The topological polar surface area (TPSA) is 27.1 Å². The minimum Gasteiger partial charge on any atom is -0.487 e. The van der Waals surface area contributed by atoms with Gasteiger partial charge in [0.2, 0.25) is 0 Å². The van der Waals surface area contributed by atoms with E-state index in [9.17, 15) is 4.39 Å². The molecule has 0 aliphatic carbocycles. The van der Waals surface area contributed by atoms with Crippen molar-refractivity contribution in [2.45, 2.75) is 39.3 Å². The van der Waals surface area contributed by atoms with Crippen LogP contribution in [-0.4, -0.2) is 9.78 Å². The number of ether oxygens (including phenoxy) is 1. The van der Waals surface area contributed by atoms with Crippen LogP contribution in [0.15, 0.2) is 24.3 Å². The highest BCUT2D eigenvalue weighted by atomic mass is 35.5. The minimum atomic E-state index is -0.337. The SMILES string of the molecule is CCc1cc(COc2cc(F)cc(CCl)c2)n(CC)n1. The van der Waals surface area contributed by atoms with E-state index in [1.165, 1.54) is 12.1 Å². The van der Waals surface area contributed by atoms with Gasteiger partial charge >= 0.3 is 0 Å². The molecule has 2 rings (SSSR count). The van der Waals surface area contributed by atoms with Gasteiger partial charge in [-0.05, 0) is 37.1 Å². The molecule has 0 fully saturated rings. The Labute approximate surface area is 123 Å². The average Bonchev–Trinajstić information content (AvgIpc) is 2.87. The van der Waals surface area contributed by atoms with E-state index >= 15 is 0 Å². The Bertz CT molecular complexity index is 583. The zero-order chi connectivity index (χ0) is 14.5. The maximum Gasteiger partial charge on any atom is 0.130 e. The first-order valence-corrected chi connectivity index (χ1v) is 7.23. The first kappa shape index (κ1) is 14.9. The van der Waals surface area contributed by atoms with Crippen LogP contribution in [0.3, 0.4) is 0 Å². The monoisotopic (exact) mass is 296 g/mol. The van der Waals surface area contributed by atoms with Gasteiger partial charge in [-0.2, -0.15) is 5.10 Å². The Morgan fingerprint density at radius 2 is 2.05 bits per heavy atom. The van der Waals surface area contributed by atoms with E-state index in [0.717, 1.165) is 24.4 Å². The summed E-state index contributed by atoms with van der Waals surface area (Å²) in [6.07, 6.45) is 0.885. The fourth-order valence-corrected chi connectivity index (χ4v) is 2.17. The Morgan fingerprint density at radius 3 is 2.70 bits per heavy atom. The zero-order valence-corrected chi connectivity index (χ0v) is 12.5. The summed E-state index contributed by atoms with van der Waals surface area (Å²) in [6.45, 7) is 5.25. The van der Waals surface area contributed by atoms with Crippen molar-refractivity contribution < 1.29 is 9.13 Å². The number of hydrogen-bond acceptors (Lipinski definition) is 2. The molecular weight excluding hydrogens is 279 g/mol. The van der Waals surface area contributed by atoms with Crippen LogP contribution in [-0.2, 0) is 25.5 Å². The fourth-order valence-electron chi connectivity index (χ4n) is 2.02. The normalized spacial score (nSPS) is 10.8. The molecule has 0 saturated carbocycles. The first-order valence-electron chi connectivity index (χ1n) is 6.70. The molecule has 0 atom stereocenters. The van der Waals surface area contributed by atoms with Gasteiger partial charge in [-0.15, -0.1) is 11.6 Å². The number of rotatable bonds is 6. The third kappa shape index (κ3) is 3.51. The molecule has 0 unspecified atom stereocenters. The van der Waals surface area contributed by atoms with Crippen LogP contribution in [0.2, 0.25) is 0 Å². The van der Waals surface area contributed by atoms with E-state index in [2.05, 4.69) is 12.0 Å². The highest BCUT2D eigenvalue weighted by Gasteiger charge is 2.07. The Kier molecular flexibility index (Phi) is 5.01. The van der Waals surface area contributed by atoms with Gasteiger partial charge in [0.25, 0.3) is 0 Å². The summed E-state index contributed by atoms with van der Waals surface area (Å²) in [5.74, 6) is 0.417. The maximum atomic E-state index is 13.4. The molecule has 0 spiro atoms. The Hall–Kier alpha value is -1.55. The average molecular weight is 297 g/mol. The van der Waals surface area contributed by atoms with Crippen LogP contribution in [0.25, 0.3) is 0 Å². The standard InChI is InChI=1S/C15H18ClFN2O/c1-3-13-8-14(19(4-2)18-13)10-20-15-6-11(9-16)5-12(17)7-15/h5-8H,3-4,9-10H2,1-2H3. The molecule has 108 valence electrons. The number of halogens is 2. The molecule has 0 N–H and O–H groups in total. The van der Waals surface area contributed by atoms with Gasteiger partial charge < -0.3 is 4.74 Å². The summed E-state index contributed by atoms with van der Waals surface area (Å²) in [7, 11) is 0. The van der Waals surface area contributed by atoms with Crippen LogP contribution in [0.4, 0.5) is 4.39 Å². The zero-order valence-electron chi connectivity index (χ0n) is 11.7. The molecule has 1 aromatic heterocycles. The van der Waals surface area contributed by atoms with Crippen LogP contribution in [0, 0.1) is 5.82 Å². The van der Waals surface area contributed by atoms with Crippen LogP contribution in [0.1, 0.15) is 30.8 Å². The van der Waals surface area contributed by atoms with Gasteiger partial charge in [-0.1, -0.05) is 6.92 Å². The number of aromatic nitrogens is 2. The third-order valence-electron chi connectivity index (χ3n) is 3.05. The van der Waals surface area contributed by atoms with Crippen molar-refractivity contribution >= 4 is 11.6 Å². The van der Waals surface area contributed by atoms with Gasteiger partial charge in [-0.25, -0.2) is 4.39 Å². The lowest BCUT2D eigenvalue weighted by molar-refractivity contribution is 0.291. The van der Waals surface area contributed by atoms with Crippen LogP contribution < -0.4 is 4.74 Å². The molecule has 0 radical (unpaired) electrons. The van der Waals surface area contributed by atoms with Gasteiger partial charge in [-0.3, -0.25) is 4.68 Å². The van der Waals surface area contributed by atoms with Crippen molar-refractivity contribution in [2.75, 3.05) is 0 Å². The third-order valence-corrected chi connectivity index (χ3v) is 3.36. The summed E-state index contributed by atoms with van der Waals surface area (Å²) < 4.78 is 20.9. The number of aryl methyl sites for hydroxylation is 2. The molecule has 0 amide bonds. The minimum absolute atomic E-state index is 0.265. The van der Waals surface area contributed by atoms with Crippen molar-refractivity contribution in [1.82, 2.24) is 9.78 Å². The van der Waals surface area contributed by atoms with E-state index < -0.39 is 0 Å². The summed E-state index contributed by atoms with van der Waals surface area (Å²) in [6, 6.07) is 6.55. The summed E-state index contributed by atoms with van der Waals surface area (Å²) in [4.78, 5) is 0. The smallest absolute Gasteiger partial charge is 0.130 e. The molecule has 20 heavy (non-hydrogen) atoms. The van der Waals surface area contributed by atoms with Crippen LogP contribution in [0.5, 0.6) is 5.75 Å². The number of alkyl halides is 1. The van der Waals surface area contributed by atoms with E-state index in [1.54, 1.807) is 6.07 Å². The van der Waals surface area contributed by atoms with Crippen molar-refractivity contribution in [3.8, 4) is 5.75 Å². The number of hydrogen-bond donors (Lipinski definition) is 0. The van der Waals surface area contributed by atoms with Gasteiger partial charge in [0.15, 0.2) is 0 Å². The molecule has 0 saturated heterocycles. The van der Waals surface area contributed by atoms with E-state index in [1.807, 2.05) is 17.7 Å². The van der Waals surface area contributed by atoms with Crippen molar-refractivity contribution in [3.05, 3.63) is 47.0 Å². The fraction of sp³-hybridized carbons (Fsp3) is 0.400. The Balaban J connectivity index is 2.12. The lowest BCUT2D eigenvalue weighted by Gasteiger charge is -2.09. The predicted octanol–water partition coefficient (Wildman–Crippen LogP) is 3.92. The molecule has 0 bridgehead atoms. The molecule has 0 aliphatic heterocycles. The molecule has 3 nitrogen and oxygen atoms in total. The molecule has 1 heterocycles. The van der Waals surface area contributed by atoms with Gasteiger partial charge in [0, 0.05) is 18.5 Å². The predicted molar refractivity (Wildman–Crippen MR) is 77.6 cm³/mol. The van der Waals surface area contributed by atoms with Crippen LogP contribution >= 0.6 is 11.6 Å². The summed E-state index contributed by atoms with van der Waals surface area (Å²) in [5.41, 5.74) is 2.73.